The molecule has 12 heavy (non-hydrogen) atoms. The Morgan fingerprint density at radius 2 is 1.50 bits per heavy atom. The van der Waals surface area contributed by atoms with E-state index < -0.39 is 8.32 Å². The Hall–Kier alpha value is 0.774. The summed E-state index contributed by atoms with van der Waals surface area (Å²) in [7, 11) is -1.30. The second-order valence-corrected chi connectivity index (χ2v) is 8.30. The molecule has 1 atom stereocenters. The quantitative estimate of drug-likeness (QED) is 0.571. The zero-order chi connectivity index (χ0) is 9.61. The molecule has 3 heteroatoms. The molecule has 1 nitrogen and oxygen atoms in total. The van der Waals surface area contributed by atoms with Crippen molar-refractivity contribution in [1.29, 1.82) is 0 Å². The van der Waals surface area contributed by atoms with Gasteiger partial charge in [-0.15, -0.1) is 0 Å². The fraction of sp³-hybridized carbons (Fsp3) is 1.00. The molecule has 0 aliphatic rings. The molecule has 0 radical (unpaired) electrons. The van der Waals surface area contributed by atoms with E-state index in [2.05, 4.69) is 45.4 Å². The molecule has 0 bridgehead atoms. The Bertz CT molecular complexity index is 107. The molecule has 1 unspecified atom stereocenters. The second-order valence-electron chi connectivity index (χ2n) is 3.58. The van der Waals surface area contributed by atoms with Crippen molar-refractivity contribution in [1.82, 2.24) is 0 Å². The van der Waals surface area contributed by atoms with Crippen LogP contribution in [0.3, 0.4) is 0 Å². The first kappa shape index (κ1) is 12.8. The van der Waals surface area contributed by atoms with E-state index in [-0.39, 0.29) is 0 Å². The Morgan fingerprint density at radius 1 is 1.08 bits per heavy atom. The van der Waals surface area contributed by atoms with E-state index in [1.807, 2.05) is 0 Å². The van der Waals surface area contributed by atoms with Crippen LogP contribution in [0.1, 0.15) is 34.1 Å². The average molecular weight is 180 g/mol. The van der Waals surface area contributed by atoms with Gasteiger partial charge in [-0.2, -0.15) is 0 Å². The summed E-state index contributed by atoms with van der Waals surface area (Å²) in [5.74, 6) is 0. The molecule has 0 aliphatic carbocycles. The van der Waals surface area contributed by atoms with Crippen LogP contribution in [0.4, 0.5) is 0 Å². The predicted octanol–water partition coefficient (Wildman–Crippen LogP) is 2.91. The van der Waals surface area contributed by atoms with Crippen molar-refractivity contribution in [2.24, 2.45) is 0 Å². The fourth-order valence-electron chi connectivity index (χ4n) is 1.51. The third-order valence-corrected chi connectivity index (χ3v) is 7.73. The van der Waals surface area contributed by atoms with Crippen molar-refractivity contribution in [3.63, 3.8) is 0 Å². The minimum absolute atomic E-state index is 0.469. The summed E-state index contributed by atoms with van der Waals surface area (Å²) in [6.07, 6.45) is 1.15. The number of rotatable bonds is 6. The summed E-state index contributed by atoms with van der Waals surface area (Å²) in [6.45, 7) is 9.04. The first-order valence-electron chi connectivity index (χ1n) is 5.31. The summed E-state index contributed by atoms with van der Waals surface area (Å²) in [5.41, 5.74) is 0. The zero-order valence-corrected chi connectivity index (χ0v) is 10.3. The molecular formula is C9H21LiOSi. The third-order valence-electron chi connectivity index (χ3n) is 2.96. The SMILES string of the molecule is [Li][CH](CC)O[Si](CC)(CC)CC. The molecule has 0 aliphatic heterocycles. The van der Waals surface area contributed by atoms with Crippen molar-refractivity contribution in [3.05, 3.63) is 0 Å². The van der Waals surface area contributed by atoms with Crippen LogP contribution >= 0.6 is 0 Å². The molecule has 0 spiro atoms. The van der Waals surface area contributed by atoms with Gasteiger partial charge in [0.25, 0.3) is 0 Å². The van der Waals surface area contributed by atoms with E-state index in [9.17, 15) is 0 Å². The van der Waals surface area contributed by atoms with Crippen LogP contribution in [0.5, 0.6) is 0 Å². The molecule has 0 aromatic heterocycles. The van der Waals surface area contributed by atoms with Gasteiger partial charge in [0, 0.05) is 0 Å². The van der Waals surface area contributed by atoms with E-state index in [0.717, 1.165) is 6.42 Å². The summed E-state index contributed by atoms with van der Waals surface area (Å²) in [4.78, 5) is 0. The van der Waals surface area contributed by atoms with Crippen LogP contribution in [0.15, 0.2) is 0 Å². The van der Waals surface area contributed by atoms with Crippen LogP contribution in [-0.2, 0) is 4.43 Å². The molecular weight excluding hydrogens is 159 g/mol. The van der Waals surface area contributed by atoms with Gasteiger partial charge in [0.05, 0.1) is 0 Å². The topological polar surface area (TPSA) is 9.23 Å². The summed E-state index contributed by atoms with van der Waals surface area (Å²) in [5, 5.41) is 0. The molecule has 0 saturated carbocycles. The molecule has 0 heterocycles. The van der Waals surface area contributed by atoms with E-state index in [0.29, 0.717) is 4.78 Å². The number of hydrogen-bond acceptors (Lipinski definition) is 1. The molecule has 0 N–H and O–H groups in total. The predicted molar refractivity (Wildman–Crippen MR) is 58.1 cm³/mol. The Kier molecular flexibility index (Phi) is 6.67. The van der Waals surface area contributed by atoms with Crippen LogP contribution < -0.4 is 0 Å². The standard InChI is InChI=1S/C9H21OSi.Li/c1-5-9-10-11(6-2,7-3)8-4;/h9H,5-8H2,1-4H3;. The Morgan fingerprint density at radius 3 is 1.75 bits per heavy atom. The van der Waals surface area contributed by atoms with Crippen LogP contribution in [0.25, 0.3) is 0 Å². The summed E-state index contributed by atoms with van der Waals surface area (Å²) in [6, 6.07) is 3.80. The maximum absolute atomic E-state index is 6.17. The van der Waals surface area contributed by atoms with Crippen LogP contribution in [-0.4, -0.2) is 30.8 Å². The molecule has 68 valence electrons. The van der Waals surface area contributed by atoms with E-state index in [1.165, 1.54) is 18.1 Å². The normalized spacial score (nSPS) is 14.8. The first-order valence-corrected chi connectivity index (χ1v) is 7.84. The summed E-state index contributed by atoms with van der Waals surface area (Å²) >= 11 is 2.20. The van der Waals surface area contributed by atoms with Crippen molar-refractivity contribution < 1.29 is 4.43 Å². The second kappa shape index (κ2) is 6.26. The van der Waals surface area contributed by atoms with E-state index >= 15 is 0 Å². The van der Waals surface area contributed by atoms with Crippen LogP contribution in [0, 0.1) is 0 Å². The van der Waals surface area contributed by atoms with E-state index in [4.69, 9.17) is 4.43 Å². The van der Waals surface area contributed by atoms with Gasteiger partial charge in [-0.25, -0.2) is 0 Å². The molecule has 0 fully saturated rings. The minimum atomic E-state index is -1.30. The maximum atomic E-state index is 6.17. The van der Waals surface area contributed by atoms with Gasteiger partial charge in [0.1, 0.15) is 0 Å². The van der Waals surface area contributed by atoms with Crippen molar-refractivity contribution in [2.45, 2.75) is 57.0 Å². The molecule has 0 amide bonds. The van der Waals surface area contributed by atoms with E-state index in [1.54, 1.807) is 0 Å². The van der Waals surface area contributed by atoms with Gasteiger partial charge in [0.2, 0.25) is 0 Å². The van der Waals surface area contributed by atoms with Gasteiger partial charge < -0.3 is 0 Å². The monoisotopic (exact) mass is 180 g/mol. The summed E-state index contributed by atoms with van der Waals surface area (Å²) < 4.78 is 6.64. The van der Waals surface area contributed by atoms with Gasteiger partial charge in [0.15, 0.2) is 0 Å². The van der Waals surface area contributed by atoms with Gasteiger partial charge in [-0.05, 0) is 0 Å². The molecule has 0 saturated heterocycles. The first-order chi connectivity index (χ1) is 5.64. The molecule has 0 aromatic carbocycles. The number of hydrogen-bond donors (Lipinski definition) is 0. The van der Waals surface area contributed by atoms with Crippen LogP contribution in [0.2, 0.25) is 18.1 Å². The van der Waals surface area contributed by atoms with Gasteiger partial charge >= 0.3 is 87.5 Å². The Labute approximate surface area is 87.6 Å². The average Bonchev–Trinajstić information content (AvgIpc) is 2.14. The molecule has 0 rings (SSSR count). The third kappa shape index (κ3) is 3.66. The van der Waals surface area contributed by atoms with Crippen molar-refractivity contribution in [2.75, 3.05) is 0 Å². The Balaban J connectivity index is 4.09. The van der Waals surface area contributed by atoms with Crippen molar-refractivity contribution in [3.8, 4) is 0 Å². The van der Waals surface area contributed by atoms with Gasteiger partial charge in [-0.1, -0.05) is 0 Å². The fourth-order valence-corrected chi connectivity index (χ4v) is 4.53. The van der Waals surface area contributed by atoms with Crippen molar-refractivity contribution >= 4 is 26.0 Å². The molecule has 0 aromatic rings. The zero-order valence-electron chi connectivity index (χ0n) is 9.31. The van der Waals surface area contributed by atoms with Gasteiger partial charge in [-0.3, -0.25) is 0 Å².